The van der Waals surface area contributed by atoms with Crippen LogP contribution in [0.2, 0.25) is 5.02 Å². The zero-order chi connectivity index (χ0) is 35.3. The summed E-state index contributed by atoms with van der Waals surface area (Å²) in [6.45, 7) is 0. The van der Waals surface area contributed by atoms with E-state index in [0.717, 1.165) is 61.9 Å². The fourth-order valence-electron chi connectivity index (χ4n) is 7.79. The van der Waals surface area contributed by atoms with E-state index in [1.165, 1.54) is 21.5 Å². The second kappa shape index (κ2) is 12.8. The second-order valence-corrected chi connectivity index (χ2v) is 13.6. The number of fused-ring (bicyclic) bond motifs is 6. The number of hydrogen-bond donors (Lipinski definition) is 1. The molecule has 0 amide bonds. The Hall–Kier alpha value is -6.75. The Morgan fingerprint density at radius 2 is 0.887 bits per heavy atom. The minimum Gasteiger partial charge on any atom is -0.354 e. The summed E-state index contributed by atoms with van der Waals surface area (Å²) in [5.74, 6) is 0. The molecule has 4 nitrogen and oxygen atoms in total. The predicted octanol–water partition coefficient (Wildman–Crippen LogP) is 14.0. The summed E-state index contributed by atoms with van der Waals surface area (Å²) in [6.07, 6.45) is 0. The standard InChI is InChI=1S/C48H33ClN4/c49-48-46(52(35-21-9-3-10-22-35)36-23-11-4-12-24-36)29-37(51(33-17-5-1-6-18-33)34-19-7-2-8-20-34)30-47(48)53-44-28-16-14-26-39(44)41-31-40-38-25-13-15-27-42(38)50-43(40)32-45(41)53/h1-32,50H. The summed E-state index contributed by atoms with van der Waals surface area (Å²) in [5.41, 5.74) is 11.2. The third-order valence-electron chi connectivity index (χ3n) is 10.1. The predicted molar refractivity (Wildman–Crippen MR) is 225 cm³/mol. The number of para-hydroxylation sites is 6. The fraction of sp³-hybridized carbons (Fsp3) is 0. The van der Waals surface area contributed by atoms with Gasteiger partial charge in [-0.05, 0) is 84.9 Å². The van der Waals surface area contributed by atoms with Crippen LogP contribution in [0.5, 0.6) is 0 Å². The van der Waals surface area contributed by atoms with Crippen LogP contribution in [-0.4, -0.2) is 9.55 Å². The Balaban J connectivity index is 1.33. The van der Waals surface area contributed by atoms with Crippen LogP contribution < -0.4 is 9.80 Å². The number of hydrogen-bond acceptors (Lipinski definition) is 2. The normalized spacial score (nSPS) is 11.5. The van der Waals surface area contributed by atoms with E-state index in [0.29, 0.717) is 5.02 Å². The Kier molecular flexibility index (Phi) is 7.48. The minimum absolute atomic E-state index is 0.641. The third-order valence-corrected chi connectivity index (χ3v) is 10.5. The number of aromatic amines is 1. The molecule has 1 N–H and O–H groups in total. The van der Waals surface area contributed by atoms with Gasteiger partial charge >= 0.3 is 0 Å². The molecule has 0 bridgehead atoms. The average Bonchev–Trinajstić information content (AvgIpc) is 3.74. The first-order valence-corrected chi connectivity index (χ1v) is 18.2. The van der Waals surface area contributed by atoms with Gasteiger partial charge in [0.15, 0.2) is 0 Å². The number of anilines is 6. The summed E-state index contributed by atoms with van der Waals surface area (Å²) in [7, 11) is 0. The fourth-order valence-corrected chi connectivity index (χ4v) is 8.07. The van der Waals surface area contributed by atoms with Gasteiger partial charge in [0.25, 0.3) is 0 Å². The lowest BCUT2D eigenvalue weighted by atomic mass is 10.1. The molecule has 10 aromatic rings. The number of halogens is 1. The molecule has 0 aliphatic heterocycles. The summed E-state index contributed by atoms with van der Waals surface area (Å²) in [5, 5.41) is 5.40. The van der Waals surface area contributed by atoms with E-state index in [-0.39, 0.29) is 0 Å². The van der Waals surface area contributed by atoms with Crippen molar-refractivity contribution in [2.24, 2.45) is 0 Å². The van der Waals surface area contributed by atoms with Crippen LogP contribution in [0.1, 0.15) is 0 Å². The van der Waals surface area contributed by atoms with E-state index >= 15 is 0 Å². The molecule has 0 saturated heterocycles. The molecule has 0 unspecified atom stereocenters. The molecule has 0 spiro atoms. The maximum absolute atomic E-state index is 7.86. The number of nitrogens with zero attached hydrogens (tertiary/aromatic N) is 3. The number of aromatic nitrogens is 2. The van der Waals surface area contributed by atoms with E-state index in [2.05, 4.69) is 201 Å². The zero-order valence-electron chi connectivity index (χ0n) is 28.7. The van der Waals surface area contributed by atoms with Crippen LogP contribution in [0.25, 0.3) is 49.3 Å². The third kappa shape index (κ3) is 5.23. The molecule has 53 heavy (non-hydrogen) atoms. The SMILES string of the molecule is Clc1c(N(c2ccccc2)c2ccccc2)cc(N(c2ccccc2)c2ccccc2)cc1-n1c2ccccc2c2cc3c(cc21)[nH]c1ccccc13. The lowest BCUT2D eigenvalue weighted by Crippen LogP contribution is -2.15. The molecule has 252 valence electrons. The Labute approximate surface area is 312 Å². The molecule has 0 aliphatic carbocycles. The molecule has 10 rings (SSSR count). The molecule has 2 heterocycles. The van der Waals surface area contributed by atoms with Crippen LogP contribution in [-0.2, 0) is 0 Å². The van der Waals surface area contributed by atoms with E-state index in [1.54, 1.807) is 0 Å². The highest BCUT2D eigenvalue weighted by atomic mass is 35.5. The van der Waals surface area contributed by atoms with Crippen molar-refractivity contribution in [3.05, 3.63) is 199 Å². The first kappa shape index (κ1) is 31.0. The van der Waals surface area contributed by atoms with Crippen molar-refractivity contribution in [3.63, 3.8) is 0 Å². The highest BCUT2D eigenvalue weighted by Crippen LogP contribution is 2.48. The van der Waals surface area contributed by atoms with Gasteiger partial charge in [0.2, 0.25) is 0 Å². The average molecular weight is 701 g/mol. The molecular weight excluding hydrogens is 668 g/mol. The van der Waals surface area contributed by atoms with Crippen molar-refractivity contribution in [2.75, 3.05) is 9.80 Å². The molecule has 0 saturated carbocycles. The first-order chi connectivity index (χ1) is 26.2. The largest absolute Gasteiger partial charge is 0.354 e. The summed E-state index contributed by atoms with van der Waals surface area (Å²) < 4.78 is 2.34. The summed E-state index contributed by atoms with van der Waals surface area (Å²) in [4.78, 5) is 8.25. The van der Waals surface area contributed by atoms with Gasteiger partial charge in [0, 0.05) is 55.3 Å². The van der Waals surface area contributed by atoms with Crippen molar-refractivity contribution >= 4 is 89.3 Å². The van der Waals surface area contributed by atoms with Crippen molar-refractivity contribution in [2.45, 2.75) is 0 Å². The molecule has 0 radical (unpaired) electrons. The molecule has 0 aliphatic rings. The van der Waals surface area contributed by atoms with Crippen LogP contribution in [0.4, 0.5) is 34.1 Å². The molecule has 8 aromatic carbocycles. The molecule has 0 atom stereocenters. The van der Waals surface area contributed by atoms with Crippen LogP contribution in [0, 0.1) is 0 Å². The molecule has 0 fully saturated rings. The van der Waals surface area contributed by atoms with Crippen molar-refractivity contribution < 1.29 is 0 Å². The van der Waals surface area contributed by atoms with Gasteiger partial charge in [-0.25, -0.2) is 0 Å². The summed E-state index contributed by atoms with van der Waals surface area (Å²) >= 11 is 7.86. The van der Waals surface area contributed by atoms with Crippen LogP contribution >= 0.6 is 11.6 Å². The van der Waals surface area contributed by atoms with Gasteiger partial charge in [-0.2, -0.15) is 0 Å². The van der Waals surface area contributed by atoms with Crippen molar-refractivity contribution in [3.8, 4) is 5.69 Å². The molecule has 2 aromatic heterocycles. The first-order valence-electron chi connectivity index (χ1n) is 17.8. The van der Waals surface area contributed by atoms with E-state index in [4.69, 9.17) is 11.6 Å². The van der Waals surface area contributed by atoms with Crippen LogP contribution in [0.15, 0.2) is 194 Å². The van der Waals surface area contributed by atoms with E-state index < -0.39 is 0 Å². The summed E-state index contributed by atoms with van der Waals surface area (Å²) in [6, 6.07) is 68.2. The van der Waals surface area contributed by atoms with Gasteiger partial charge in [-0.1, -0.05) is 121 Å². The number of benzene rings is 8. The maximum atomic E-state index is 7.86. The number of rotatable bonds is 7. The van der Waals surface area contributed by atoms with Crippen molar-refractivity contribution in [1.29, 1.82) is 0 Å². The maximum Gasteiger partial charge on any atom is 0.0888 e. The number of nitrogens with one attached hydrogen (secondary N) is 1. The zero-order valence-corrected chi connectivity index (χ0v) is 29.5. The van der Waals surface area contributed by atoms with E-state index in [1.807, 2.05) is 12.1 Å². The van der Waals surface area contributed by atoms with E-state index in [9.17, 15) is 0 Å². The number of H-pyrrole nitrogens is 1. The topological polar surface area (TPSA) is 27.2 Å². The highest BCUT2D eigenvalue weighted by Gasteiger charge is 2.25. The van der Waals surface area contributed by atoms with Crippen LogP contribution in [0.3, 0.4) is 0 Å². The lowest BCUT2D eigenvalue weighted by Gasteiger charge is -2.31. The van der Waals surface area contributed by atoms with Gasteiger partial charge in [0.1, 0.15) is 0 Å². The van der Waals surface area contributed by atoms with Gasteiger partial charge in [0.05, 0.1) is 33.1 Å². The minimum atomic E-state index is 0.641. The Bertz CT molecular complexity index is 2820. The van der Waals surface area contributed by atoms with Crippen molar-refractivity contribution in [1.82, 2.24) is 9.55 Å². The smallest absolute Gasteiger partial charge is 0.0888 e. The molecule has 5 heteroatoms. The Morgan fingerprint density at radius 1 is 0.377 bits per heavy atom. The molecular formula is C48H33ClN4. The van der Waals surface area contributed by atoms with Gasteiger partial charge < -0.3 is 19.4 Å². The highest BCUT2D eigenvalue weighted by molar-refractivity contribution is 6.36. The quantitative estimate of drug-likeness (QED) is 0.179. The van der Waals surface area contributed by atoms with Gasteiger partial charge in [-0.15, -0.1) is 0 Å². The lowest BCUT2D eigenvalue weighted by molar-refractivity contribution is 1.16. The second-order valence-electron chi connectivity index (χ2n) is 13.2. The monoisotopic (exact) mass is 700 g/mol. The Morgan fingerprint density at radius 3 is 1.49 bits per heavy atom. The van der Waals surface area contributed by atoms with Gasteiger partial charge in [-0.3, -0.25) is 0 Å².